The number of azo groups is 1. The van der Waals surface area contributed by atoms with E-state index in [-0.39, 0.29) is 29.6 Å². The molecule has 0 saturated heterocycles. The van der Waals surface area contributed by atoms with Gasteiger partial charge in [0.05, 0.1) is 28.4 Å². The van der Waals surface area contributed by atoms with E-state index in [9.17, 15) is 19.7 Å². The van der Waals surface area contributed by atoms with Crippen molar-refractivity contribution < 1.29 is 14.5 Å². The van der Waals surface area contributed by atoms with E-state index in [1.165, 1.54) is 128 Å². The van der Waals surface area contributed by atoms with Gasteiger partial charge in [0.15, 0.2) is 0 Å². The van der Waals surface area contributed by atoms with Crippen LogP contribution < -0.4 is 26.2 Å². The van der Waals surface area contributed by atoms with Crippen LogP contribution in [0.3, 0.4) is 0 Å². The lowest BCUT2D eigenvalue weighted by Gasteiger charge is -2.26. The molecule has 2 amide bonds. The number of hydrogen-bond donors (Lipinski definition) is 4. The smallest absolute Gasteiger partial charge is 0.269 e. The average Bonchev–Trinajstić information content (AvgIpc) is 3.23. The third-order valence-electron chi connectivity index (χ3n) is 10.7. The van der Waals surface area contributed by atoms with E-state index in [4.69, 9.17) is 0 Å². The van der Waals surface area contributed by atoms with Crippen LogP contribution in [-0.4, -0.2) is 68.1 Å². The molecule has 2 aromatic rings. The molecule has 0 aliphatic carbocycles. The zero-order chi connectivity index (χ0) is 42.1. The summed E-state index contributed by atoms with van der Waals surface area (Å²) < 4.78 is 0. The lowest BCUT2D eigenvalue weighted by Crippen LogP contribution is -2.47. The maximum Gasteiger partial charge on any atom is 0.269 e. The van der Waals surface area contributed by atoms with Crippen molar-refractivity contribution in [3.05, 3.63) is 58.6 Å². The van der Waals surface area contributed by atoms with E-state index in [0.717, 1.165) is 31.6 Å². The summed E-state index contributed by atoms with van der Waals surface area (Å²) in [4.78, 5) is 38.5. The predicted molar refractivity (Wildman–Crippen MR) is 241 cm³/mol. The number of nitro benzene ring substituents is 1. The van der Waals surface area contributed by atoms with E-state index in [1.807, 2.05) is 38.1 Å². The fraction of sp³-hybridized carbons (Fsp3) is 0.696. The quantitative estimate of drug-likeness (QED) is 0.0231. The summed E-state index contributed by atoms with van der Waals surface area (Å²) in [5.74, 6) is -0.0470. The number of amides is 2. The molecule has 12 nitrogen and oxygen atoms in total. The molecular weight excluding hydrogens is 729 g/mol. The minimum atomic E-state index is -0.447. The molecule has 0 heterocycles. The van der Waals surface area contributed by atoms with Crippen molar-refractivity contribution in [2.45, 2.75) is 168 Å². The molecule has 0 aliphatic heterocycles. The van der Waals surface area contributed by atoms with Crippen molar-refractivity contribution in [2.24, 2.45) is 10.2 Å². The van der Waals surface area contributed by atoms with E-state index in [0.29, 0.717) is 37.6 Å². The van der Waals surface area contributed by atoms with Crippen LogP contribution in [-0.2, 0) is 9.59 Å². The highest BCUT2D eigenvalue weighted by Crippen LogP contribution is 2.24. The number of carbonyl (C=O) groups is 2. The van der Waals surface area contributed by atoms with E-state index < -0.39 is 4.92 Å². The molecular formula is C46H78N8O4. The second-order valence-electron chi connectivity index (χ2n) is 15.8. The van der Waals surface area contributed by atoms with Crippen molar-refractivity contribution in [2.75, 3.05) is 44.2 Å². The Labute approximate surface area is 350 Å². The number of benzene rings is 2. The highest BCUT2D eigenvalue weighted by molar-refractivity contribution is 5.81. The number of non-ortho nitro benzene ring substituents is 1. The Morgan fingerprint density at radius 3 is 1.26 bits per heavy atom. The first-order valence-corrected chi connectivity index (χ1v) is 22.8. The van der Waals surface area contributed by atoms with Gasteiger partial charge in [-0.05, 0) is 76.2 Å². The highest BCUT2D eigenvalue weighted by atomic mass is 16.6. The Balaban J connectivity index is 1.81. The zero-order valence-corrected chi connectivity index (χ0v) is 36.6. The summed E-state index contributed by atoms with van der Waals surface area (Å²) in [5.41, 5.74) is 2.08. The first-order valence-electron chi connectivity index (χ1n) is 22.8. The third kappa shape index (κ3) is 24.1. The fourth-order valence-electron chi connectivity index (χ4n) is 6.84. The van der Waals surface area contributed by atoms with Crippen LogP contribution in [0.1, 0.15) is 156 Å². The monoisotopic (exact) mass is 807 g/mol. The molecule has 0 saturated carbocycles. The van der Waals surface area contributed by atoms with Crippen LogP contribution in [0.15, 0.2) is 58.8 Å². The van der Waals surface area contributed by atoms with Gasteiger partial charge in [0.1, 0.15) is 0 Å². The van der Waals surface area contributed by atoms with Gasteiger partial charge in [-0.2, -0.15) is 10.2 Å². The standard InChI is InChI=1S/C46H78N8O4/c1-5-7-9-11-13-15-17-19-21-23-33-47-39(3)45(55)49-35-37-53(43-29-25-41(26-30-43)51-52-42-27-31-44(32-28-42)54(57)58)38-36-50-46(56)40(4)48-34-24-22-20-18-16-14-12-10-8-6-2/h25-32,39-40,47-48H,5-24,33-38H2,1-4H3,(H,49,55)(H,50,56). The Kier molecular flexibility index (Phi) is 28.6. The molecule has 58 heavy (non-hydrogen) atoms. The molecule has 0 fully saturated rings. The normalized spacial score (nSPS) is 12.4. The maximum atomic E-state index is 12.9. The number of nitrogens with zero attached hydrogens (tertiary/aromatic N) is 4. The highest BCUT2D eigenvalue weighted by Gasteiger charge is 2.15. The summed E-state index contributed by atoms with van der Waals surface area (Å²) in [5, 5.41) is 32.4. The van der Waals surface area contributed by atoms with Crippen molar-refractivity contribution in [1.29, 1.82) is 0 Å². The van der Waals surface area contributed by atoms with E-state index in [1.54, 1.807) is 12.1 Å². The summed E-state index contributed by atoms with van der Waals surface area (Å²) in [6.07, 6.45) is 25.7. The second kappa shape index (κ2) is 33.0. The fourth-order valence-corrected chi connectivity index (χ4v) is 6.84. The number of carbonyl (C=O) groups excluding carboxylic acids is 2. The van der Waals surface area contributed by atoms with Gasteiger partial charge < -0.3 is 26.2 Å². The molecule has 2 aromatic carbocycles. The molecule has 2 unspecified atom stereocenters. The second-order valence-corrected chi connectivity index (χ2v) is 15.8. The molecule has 4 N–H and O–H groups in total. The van der Waals surface area contributed by atoms with Crippen molar-refractivity contribution in [1.82, 2.24) is 21.3 Å². The van der Waals surface area contributed by atoms with Gasteiger partial charge in [-0.3, -0.25) is 19.7 Å². The van der Waals surface area contributed by atoms with Crippen LogP contribution in [0.5, 0.6) is 0 Å². The van der Waals surface area contributed by atoms with Crippen molar-refractivity contribution >= 4 is 34.6 Å². The molecule has 0 spiro atoms. The van der Waals surface area contributed by atoms with Gasteiger partial charge in [0.25, 0.3) is 5.69 Å². The number of nitrogens with one attached hydrogen (secondary N) is 4. The minimum absolute atomic E-state index is 0.000838. The largest absolute Gasteiger partial charge is 0.368 e. The number of nitro groups is 1. The van der Waals surface area contributed by atoms with Crippen LogP contribution in [0.2, 0.25) is 0 Å². The molecule has 2 atom stereocenters. The Bertz CT molecular complexity index is 1340. The molecule has 0 bridgehead atoms. The first-order chi connectivity index (χ1) is 28.2. The van der Waals surface area contributed by atoms with Gasteiger partial charge in [0, 0.05) is 44.0 Å². The van der Waals surface area contributed by atoms with Gasteiger partial charge in [0.2, 0.25) is 11.8 Å². The predicted octanol–water partition coefficient (Wildman–Crippen LogP) is 10.8. The summed E-state index contributed by atoms with van der Waals surface area (Å²) in [7, 11) is 0. The van der Waals surface area contributed by atoms with Gasteiger partial charge in [-0.1, -0.05) is 129 Å². The van der Waals surface area contributed by atoms with Crippen LogP contribution in [0.4, 0.5) is 22.7 Å². The summed E-state index contributed by atoms with van der Waals surface area (Å²) in [6.45, 7) is 12.0. The number of unbranched alkanes of at least 4 members (excludes halogenated alkanes) is 18. The lowest BCUT2D eigenvalue weighted by atomic mass is 10.1. The first kappa shape index (κ1) is 50.2. The topological polar surface area (TPSA) is 153 Å². The number of rotatable bonds is 36. The van der Waals surface area contributed by atoms with Crippen LogP contribution in [0.25, 0.3) is 0 Å². The Morgan fingerprint density at radius 1 is 0.552 bits per heavy atom. The number of hydrogen-bond acceptors (Lipinski definition) is 9. The van der Waals surface area contributed by atoms with Crippen molar-refractivity contribution in [3.63, 3.8) is 0 Å². The molecule has 2 rings (SSSR count). The van der Waals surface area contributed by atoms with Crippen molar-refractivity contribution in [3.8, 4) is 0 Å². The summed E-state index contributed by atoms with van der Waals surface area (Å²) >= 11 is 0. The molecule has 0 radical (unpaired) electrons. The lowest BCUT2D eigenvalue weighted by molar-refractivity contribution is -0.384. The summed E-state index contributed by atoms with van der Waals surface area (Å²) in [6, 6.07) is 13.0. The SMILES string of the molecule is CCCCCCCCCCCCNC(C)C(=O)NCCN(CCNC(=O)C(C)NCCCCCCCCCCCC)c1ccc(N=Nc2ccc([N+](=O)[O-])cc2)cc1. The van der Waals surface area contributed by atoms with Gasteiger partial charge >= 0.3 is 0 Å². The van der Waals surface area contributed by atoms with E-state index in [2.05, 4.69) is 50.2 Å². The molecule has 326 valence electrons. The minimum Gasteiger partial charge on any atom is -0.368 e. The molecule has 0 aliphatic rings. The molecule has 0 aromatic heterocycles. The maximum absolute atomic E-state index is 12.9. The van der Waals surface area contributed by atoms with Crippen LogP contribution in [0, 0.1) is 10.1 Å². The average molecular weight is 807 g/mol. The third-order valence-corrected chi connectivity index (χ3v) is 10.7. The van der Waals surface area contributed by atoms with Gasteiger partial charge in [-0.15, -0.1) is 0 Å². The van der Waals surface area contributed by atoms with Gasteiger partial charge in [-0.25, -0.2) is 0 Å². The Hall–Kier alpha value is -3.90. The van der Waals surface area contributed by atoms with Crippen LogP contribution >= 0.6 is 0 Å². The van der Waals surface area contributed by atoms with E-state index >= 15 is 0 Å². The number of anilines is 1. The Morgan fingerprint density at radius 2 is 0.897 bits per heavy atom. The zero-order valence-electron chi connectivity index (χ0n) is 36.6. The molecule has 12 heteroatoms.